The van der Waals surface area contributed by atoms with Crippen molar-refractivity contribution in [2.24, 2.45) is 0 Å². The summed E-state index contributed by atoms with van der Waals surface area (Å²) in [5.74, 6) is -0.863. The van der Waals surface area contributed by atoms with E-state index in [-0.39, 0.29) is 6.03 Å². The summed E-state index contributed by atoms with van der Waals surface area (Å²) >= 11 is 0. The maximum absolute atomic E-state index is 12.6. The number of aliphatic carboxylic acids is 1. The number of hydrogen-bond acceptors (Lipinski definition) is 3. The van der Waals surface area contributed by atoms with E-state index >= 15 is 0 Å². The molecule has 0 radical (unpaired) electrons. The molecule has 6 nitrogen and oxygen atoms in total. The van der Waals surface area contributed by atoms with Crippen LogP contribution in [0.4, 0.5) is 4.79 Å². The van der Waals surface area contributed by atoms with Gasteiger partial charge >= 0.3 is 12.0 Å². The van der Waals surface area contributed by atoms with E-state index in [9.17, 15) is 14.7 Å². The Morgan fingerprint density at radius 2 is 1.62 bits per heavy atom. The van der Waals surface area contributed by atoms with Crippen molar-refractivity contribution in [3.63, 3.8) is 0 Å². The predicted molar refractivity (Wildman–Crippen MR) is 78.2 cm³/mol. The van der Waals surface area contributed by atoms with Crippen LogP contribution in [-0.4, -0.2) is 76.6 Å². The minimum Gasteiger partial charge on any atom is -0.480 e. The number of carboxylic acid groups (broad SMARTS) is 1. The molecule has 3 rings (SSSR count). The number of carbonyl (C=O) groups is 2. The van der Waals surface area contributed by atoms with E-state index in [1.807, 2.05) is 4.90 Å². The van der Waals surface area contributed by atoms with Crippen molar-refractivity contribution in [2.45, 2.75) is 50.6 Å². The molecule has 1 N–H and O–H groups in total. The molecule has 2 unspecified atom stereocenters. The van der Waals surface area contributed by atoms with Gasteiger partial charge in [-0.25, -0.2) is 9.59 Å². The molecule has 2 amide bonds. The predicted octanol–water partition coefficient (Wildman–Crippen LogP) is 1.22. The molecule has 0 spiro atoms. The van der Waals surface area contributed by atoms with Crippen LogP contribution in [0.2, 0.25) is 0 Å². The van der Waals surface area contributed by atoms with Crippen molar-refractivity contribution < 1.29 is 14.7 Å². The van der Waals surface area contributed by atoms with Crippen molar-refractivity contribution in [3.8, 4) is 0 Å². The van der Waals surface area contributed by atoms with Crippen molar-refractivity contribution in [1.82, 2.24) is 14.7 Å². The third-order valence-electron chi connectivity index (χ3n) is 5.12. The van der Waals surface area contributed by atoms with E-state index in [4.69, 9.17) is 0 Å². The summed E-state index contributed by atoms with van der Waals surface area (Å²) in [7, 11) is 0. The molecule has 118 valence electrons. The van der Waals surface area contributed by atoms with Gasteiger partial charge in [0.15, 0.2) is 0 Å². The molecule has 0 saturated carbocycles. The lowest BCUT2D eigenvalue weighted by molar-refractivity contribution is -0.143. The standard InChI is InChI=1S/C15H25N3O3/c19-14(20)13-5-1-2-9-18(13)15(21)17-10-6-12(11-17)16-7-3-4-8-16/h12-13H,1-11H2,(H,19,20). The molecular formula is C15H25N3O3. The van der Waals surface area contributed by atoms with Crippen LogP contribution in [0.5, 0.6) is 0 Å². The normalized spacial score (nSPS) is 30.9. The van der Waals surface area contributed by atoms with Gasteiger partial charge in [0.25, 0.3) is 0 Å². The third kappa shape index (κ3) is 3.00. The lowest BCUT2D eigenvalue weighted by Crippen LogP contribution is -2.53. The Bertz CT molecular complexity index is 409. The summed E-state index contributed by atoms with van der Waals surface area (Å²) in [5, 5.41) is 9.30. The molecule has 2 atom stereocenters. The maximum Gasteiger partial charge on any atom is 0.326 e. The highest BCUT2D eigenvalue weighted by Crippen LogP contribution is 2.24. The molecular weight excluding hydrogens is 270 g/mol. The maximum atomic E-state index is 12.6. The van der Waals surface area contributed by atoms with Crippen LogP contribution in [0.15, 0.2) is 0 Å². The zero-order valence-electron chi connectivity index (χ0n) is 12.5. The molecule has 21 heavy (non-hydrogen) atoms. The molecule has 3 aliphatic heterocycles. The van der Waals surface area contributed by atoms with Crippen molar-refractivity contribution in [2.75, 3.05) is 32.7 Å². The van der Waals surface area contributed by atoms with Gasteiger partial charge in [0.1, 0.15) is 6.04 Å². The van der Waals surface area contributed by atoms with E-state index in [0.717, 1.165) is 45.4 Å². The minimum atomic E-state index is -0.863. The van der Waals surface area contributed by atoms with Gasteiger partial charge in [0, 0.05) is 25.7 Å². The van der Waals surface area contributed by atoms with Crippen molar-refractivity contribution >= 4 is 12.0 Å². The summed E-state index contributed by atoms with van der Waals surface area (Å²) in [4.78, 5) is 29.9. The van der Waals surface area contributed by atoms with Crippen LogP contribution in [0, 0.1) is 0 Å². The van der Waals surface area contributed by atoms with Gasteiger partial charge < -0.3 is 14.9 Å². The second-order valence-corrected chi connectivity index (χ2v) is 6.46. The van der Waals surface area contributed by atoms with Crippen molar-refractivity contribution in [3.05, 3.63) is 0 Å². The van der Waals surface area contributed by atoms with Gasteiger partial charge in [-0.15, -0.1) is 0 Å². The molecule has 3 fully saturated rings. The third-order valence-corrected chi connectivity index (χ3v) is 5.12. The van der Waals surface area contributed by atoms with Gasteiger partial charge in [-0.1, -0.05) is 0 Å². The summed E-state index contributed by atoms with van der Waals surface area (Å²) in [5.41, 5.74) is 0. The van der Waals surface area contributed by atoms with Crippen LogP contribution >= 0.6 is 0 Å². The number of carboxylic acids is 1. The van der Waals surface area contributed by atoms with Crippen LogP contribution in [0.25, 0.3) is 0 Å². The van der Waals surface area contributed by atoms with Crippen LogP contribution in [0.1, 0.15) is 38.5 Å². The van der Waals surface area contributed by atoms with E-state index < -0.39 is 12.0 Å². The van der Waals surface area contributed by atoms with Gasteiger partial charge in [-0.3, -0.25) is 4.90 Å². The first kappa shape index (κ1) is 14.6. The van der Waals surface area contributed by atoms with Crippen LogP contribution in [-0.2, 0) is 4.79 Å². The van der Waals surface area contributed by atoms with Crippen molar-refractivity contribution in [1.29, 1.82) is 0 Å². The van der Waals surface area contributed by atoms with Gasteiger partial charge in [-0.2, -0.15) is 0 Å². The van der Waals surface area contributed by atoms with Crippen LogP contribution in [0.3, 0.4) is 0 Å². The Kier molecular flexibility index (Phi) is 4.33. The number of amides is 2. The van der Waals surface area contributed by atoms with E-state index in [1.54, 1.807) is 4.90 Å². The quantitative estimate of drug-likeness (QED) is 0.832. The molecule has 3 aliphatic rings. The Hall–Kier alpha value is -1.30. The first-order valence-corrected chi connectivity index (χ1v) is 8.19. The molecule has 3 saturated heterocycles. The summed E-state index contributed by atoms with van der Waals surface area (Å²) in [6, 6.07) is -0.217. The number of carbonyl (C=O) groups excluding carboxylic acids is 1. The molecule has 0 aromatic heterocycles. The minimum absolute atomic E-state index is 0.0659. The summed E-state index contributed by atoms with van der Waals surface area (Å²) in [6.45, 7) is 4.41. The second-order valence-electron chi connectivity index (χ2n) is 6.46. The fraction of sp³-hybridized carbons (Fsp3) is 0.867. The SMILES string of the molecule is O=C(O)C1CCCCN1C(=O)N1CCC(N2CCCC2)C1. The number of piperidine rings is 1. The molecule has 6 heteroatoms. The molecule has 0 aliphatic carbocycles. The zero-order chi connectivity index (χ0) is 14.8. The number of rotatable bonds is 2. The molecule has 3 heterocycles. The van der Waals surface area contributed by atoms with Gasteiger partial charge in [-0.05, 0) is 51.6 Å². The Morgan fingerprint density at radius 3 is 2.33 bits per heavy atom. The van der Waals surface area contributed by atoms with Gasteiger partial charge in [0.05, 0.1) is 0 Å². The Balaban J connectivity index is 1.60. The van der Waals surface area contributed by atoms with Gasteiger partial charge in [0.2, 0.25) is 0 Å². The summed E-state index contributed by atoms with van der Waals surface area (Å²) < 4.78 is 0. The smallest absolute Gasteiger partial charge is 0.326 e. The fourth-order valence-corrected chi connectivity index (χ4v) is 3.92. The fourth-order valence-electron chi connectivity index (χ4n) is 3.92. The average molecular weight is 295 g/mol. The first-order chi connectivity index (χ1) is 10.2. The highest BCUT2D eigenvalue weighted by atomic mass is 16.4. The molecule has 0 aromatic carbocycles. The van der Waals surface area contributed by atoms with E-state index in [2.05, 4.69) is 4.90 Å². The number of hydrogen-bond donors (Lipinski definition) is 1. The number of urea groups is 1. The zero-order valence-corrected chi connectivity index (χ0v) is 12.5. The Labute approximate surface area is 125 Å². The second kappa shape index (κ2) is 6.22. The Morgan fingerprint density at radius 1 is 0.905 bits per heavy atom. The highest BCUT2D eigenvalue weighted by molar-refractivity contribution is 5.83. The number of likely N-dealkylation sites (tertiary alicyclic amines) is 3. The first-order valence-electron chi connectivity index (χ1n) is 8.19. The molecule has 0 aromatic rings. The van der Waals surface area contributed by atoms with Crippen LogP contribution < -0.4 is 0 Å². The van der Waals surface area contributed by atoms with E-state index in [1.165, 1.54) is 12.8 Å². The highest BCUT2D eigenvalue weighted by Gasteiger charge is 2.38. The number of nitrogens with zero attached hydrogens (tertiary/aromatic N) is 3. The lowest BCUT2D eigenvalue weighted by Gasteiger charge is -2.36. The lowest BCUT2D eigenvalue weighted by atomic mass is 10.0. The summed E-state index contributed by atoms with van der Waals surface area (Å²) in [6.07, 6.45) is 5.95. The largest absolute Gasteiger partial charge is 0.480 e. The topological polar surface area (TPSA) is 64.1 Å². The molecule has 0 bridgehead atoms. The average Bonchev–Trinajstić information content (AvgIpc) is 3.17. The monoisotopic (exact) mass is 295 g/mol. The van der Waals surface area contributed by atoms with E-state index in [0.29, 0.717) is 19.0 Å².